The summed E-state index contributed by atoms with van der Waals surface area (Å²) in [7, 11) is 0. The summed E-state index contributed by atoms with van der Waals surface area (Å²) in [6, 6.07) is 13.4. The van der Waals surface area contributed by atoms with Gasteiger partial charge in [-0.15, -0.1) is 0 Å². The van der Waals surface area contributed by atoms with E-state index in [0.29, 0.717) is 6.42 Å². The average molecular weight is 380 g/mol. The lowest BCUT2D eigenvalue weighted by Crippen LogP contribution is -2.45. The molecule has 4 nitrogen and oxygen atoms in total. The highest BCUT2D eigenvalue weighted by atomic mass is 79.9. The monoisotopic (exact) mass is 379 g/mol. The van der Waals surface area contributed by atoms with Gasteiger partial charge in [-0.3, -0.25) is 4.79 Å². The van der Waals surface area contributed by atoms with Crippen LogP contribution in [0.4, 0.5) is 0 Å². The van der Waals surface area contributed by atoms with Crippen molar-refractivity contribution in [1.82, 2.24) is 0 Å². The molecule has 1 fully saturated rings. The van der Waals surface area contributed by atoms with E-state index in [-0.39, 0.29) is 11.5 Å². The molecule has 0 radical (unpaired) electrons. The zero-order valence-electron chi connectivity index (χ0n) is 12.9. The van der Waals surface area contributed by atoms with E-state index in [1.165, 1.54) is 0 Å². The highest BCUT2D eigenvalue weighted by Gasteiger charge is 2.57. The van der Waals surface area contributed by atoms with E-state index in [4.69, 9.17) is 0 Å². The number of carbonyl (C=O) groups excluding carboxylic acids is 1. The summed E-state index contributed by atoms with van der Waals surface area (Å²) in [5.41, 5.74) is -0.173. The summed E-state index contributed by atoms with van der Waals surface area (Å²) in [4.78, 5) is 12.9. The molecule has 24 heavy (non-hydrogen) atoms. The quantitative estimate of drug-likeness (QED) is 0.732. The van der Waals surface area contributed by atoms with E-state index in [0.717, 1.165) is 34.9 Å². The number of hydrogen-bond acceptors (Lipinski definition) is 4. The lowest BCUT2D eigenvalue weighted by atomic mass is 9.55. The minimum Gasteiger partial charge on any atom is -0.290 e. The Hall–Kier alpha value is -2.42. The molecule has 1 aromatic rings. The molecule has 1 aromatic carbocycles. The van der Waals surface area contributed by atoms with Gasteiger partial charge >= 0.3 is 0 Å². The Morgan fingerprint density at radius 2 is 1.92 bits per heavy atom. The van der Waals surface area contributed by atoms with Crippen molar-refractivity contribution in [3.8, 4) is 18.2 Å². The Bertz CT molecular complexity index is 852. The van der Waals surface area contributed by atoms with E-state index in [9.17, 15) is 20.6 Å². The molecule has 2 aliphatic carbocycles. The van der Waals surface area contributed by atoms with Crippen LogP contribution in [0.2, 0.25) is 0 Å². The molecule has 0 saturated heterocycles. The summed E-state index contributed by atoms with van der Waals surface area (Å²) in [6.45, 7) is 0. The van der Waals surface area contributed by atoms with Crippen LogP contribution in [0.5, 0.6) is 0 Å². The predicted octanol–water partition coefficient (Wildman–Crippen LogP) is 4.16. The molecule has 2 atom stereocenters. The third-order valence-corrected chi connectivity index (χ3v) is 5.60. The Labute approximate surface area is 149 Å². The van der Waals surface area contributed by atoms with Crippen molar-refractivity contribution in [1.29, 1.82) is 15.8 Å². The lowest BCUT2D eigenvalue weighted by Gasteiger charge is -2.42. The van der Waals surface area contributed by atoms with Crippen LogP contribution in [0.1, 0.15) is 37.2 Å². The molecule has 118 valence electrons. The first-order chi connectivity index (χ1) is 11.6. The van der Waals surface area contributed by atoms with Gasteiger partial charge in [0.1, 0.15) is 6.07 Å². The number of rotatable bonds is 1. The fourth-order valence-corrected chi connectivity index (χ4v) is 4.49. The number of Topliss-reactive ketones (excluding diaryl/α,β-unsaturated/α-hetero) is 1. The molecular formula is C19H14BrN3O. The van der Waals surface area contributed by atoms with Crippen LogP contribution in [0.15, 0.2) is 39.9 Å². The van der Waals surface area contributed by atoms with Gasteiger partial charge < -0.3 is 0 Å². The maximum atomic E-state index is 12.9. The number of hydrogen-bond donors (Lipinski definition) is 0. The Kier molecular flexibility index (Phi) is 4.27. The van der Waals surface area contributed by atoms with E-state index in [1.54, 1.807) is 0 Å². The van der Waals surface area contributed by atoms with Crippen molar-refractivity contribution in [3.63, 3.8) is 0 Å². The minimum absolute atomic E-state index is 0.0362. The first kappa shape index (κ1) is 16.4. The summed E-state index contributed by atoms with van der Waals surface area (Å²) >= 11 is 3.42. The molecule has 5 heteroatoms. The van der Waals surface area contributed by atoms with E-state index < -0.39 is 17.1 Å². The molecular weight excluding hydrogens is 366 g/mol. The zero-order chi connectivity index (χ0) is 17.3. The van der Waals surface area contributed by atoms with Crippen LogP contribution < -0.4 is 0 Å². The molecule has 3 rings (SSSR count). The zero-order valence-corrected chi connectivity index (χ0v) is 14.5. The second-order valence-electron chi connectivity index (χ2n) is 6.26. The summed E-state index contributed by atoms with van der Waals surface area (Å²) in [5.74, 6) is -1.28. The van der Waals surface area contributed by atoms with Crippen LogP contribution in [0.25, 0.3) is 0 Å². The maximum absolute atomic E-state index is 12.9. The van der Waals surface area contributed by atoms with Gasteiger partial charge in [-0.25, -0.2) is 0 Å². The second kappa shape index (κ2) is 6.23. The molecule has 0 heterocycles. The van der Waals surface area contributed by atoms with Crippen molar-refractivity contribution in [2.75, 3.05) is 0 Å². The number of allylic oxidation sites excluding steroid dienone is 2. The molecule has 0 spiro atoms. The topological polar surface area (TPSA) is 88.4 Å². The van der Waals surface area contributed by atoms with Gasteiger partial charge in [0, 0.05) is 10.4 Å². The number of fused-ring (bicyclic) bond motifs is 1. The van der Waals surface area contributed by atoms with Crippen molar-refractivity contribution < 1.29 is 4.79 Å². The van der Waals surface area contributed by atoms with Crippen molar-refractivity contribution >= 4 is 21.7 Å². The minimum atomic E-state index is -1.84. The fraction of sp³-hybridized carbons (Fsp3) is 0.368. The third kappa shape index (κ3) is 2.27. The molecule has 1 saturated carbocycles. The molecule has 2 aliphatic rings. The number of carbonyl (C=O) groups is 1. The van der Waals surface area contributed by atoms with E-state index in [1.807, 2.05) is 42.5 Å². The highest BCUT2D eigenvalue weighted by molar-refractivity contribution is 9.10. The highest BCUT2D eigenvalue weighted by Crippen LogP contribution is 2.54. The third-order valence-electron chi connectivity index (χ3n) is 5.11. The van der Waals surface area contributed by atoms with Gasteiger partial charge in [-0.05, 0) is 48.4 Å². The van der Waals surface area contributed by atoms with Gasteiger partial charge in [0.2, 0.25) is 11.2 Å². The Morgan fingerprint density at radius 3 is 2.54 bits per heavy atom. The van der Waals surface area contributed by atoms with Gasteiger partial charge in [-0.2, -0.15) is 15.8 Å². The smallest absolute Gasteiger partial charge is 0.214 e. The Morgan fingerprint density at radius 1 is 1.17 bits per heavy atom. The van der Waals surface area contributed by atoms with Gasteiger partial charge in [0.25, 0.3) is 0 Å². The Balaban J connectivity index is 2.30. The largest absolute Gasteiger partial charge is 0.290 e. The van der Waals surface area contributed by atoms with Crippen LogP contribution >= 0.6 is 15.9 Å². The van der Waals surface area contributed by atoms with Crippen molar-refractivity contribution in [2.45, 2.75) is 31.6 Å². The van der Waals surface area contributed by atoms with Crippen LogP contribution in [-0.4, -0.2) is 5.78 Å². The molecule has 0 aliphatic heterocycles. The van der Waals surface area contributed by atoms with Gasteiger partial charge in [-0.1, -0.05) is 34.5 Å². The number of halogens is 1. The number of nitriles is 3. The predicted molar refractivity (Wildman–Crippen MR) is 90.1 cm³/mol. The molecule has 0 amide bonds. The normalized spacial score (nSPS) is 25.2. The van der Waals surface area contributed by atoms with E-state index in [2.05, 4.69) is 15.9 Å². The molecule has 0 bridgehead atoms. The van der Waals surface area contributed by atoms with Crippen LogP contribution in [0.3, 0.4) is 0 Å². The standard InChI is InChI=1S/C19H14BrN3O/c20-13-5-3-4-12(8-13)17-15-7-2-1-6-14(15)16(9-21)18(24)19(17,10-22)11-23/h3-5,8,15,17H,1-2,6-7H2/t15-,17+/m0/s1. The molecule has 0 unspecified atom stereocenters. The number of ketones is 1. The maximum Gasteiger partial charge on any atom is 0.214 e. The van der Waals surface area contributed by atoms with Gasteiger partial charge in [0.05, 0.1) is 17.7 Å². The first-order valence-corrected chi connectivity index (χ1v) is 8.64. The average Bonchev–Trinajstić information content (AvgIpc) is 2.61. The summed E-state index contributed by atoms with van der Waals surface area (Å²) < 4.78 is 0.838. The number of benzene rings is 1. The molecule has 0 N–H and O–H groups in total. The SMILES string of the molecule is N#CC1=C2CCCC[C@@H]2[C@@H](c2cccc(Br)c2)C(C#N)(C#N)C1=O. The fourth-order valence-electron chi connectivity index (χ4n) is 4.07. The van der Waals surface area contributed by atoms with Crippen LogP contribution in [0, 0.1) is 45.3 Å². The van der Waals surface area contributed by atoms with Crippen LogP contribution in [-0.2, 0) is 4.79 Å². The van der Waals surface area contributed by atoms with Crippen molar-refractivity contribution in [2.24, 2.45) is 11.3 Å². The molecule has 0 aromatic heterocycles. The summed E-state index contributed by atoms with van der Waals surface area (Å²) in [6.07, 6.45) is 3.38. The van der Waals surface area contributed by atoms with Crippen molar-refractivity contribution in [3.05, 3.63) is 45.4 Å². The van der Waals surface area contributed by atoms with E-state index >= 15 is 0 Å². The lowest BCUT2D eigenvalue weighted by molar-refractivity contribution is -0.122. The van der Waals surface area contributed by atoms with Gasteiger partial charge in [0.15, 0.2) is 0 Å². The first-order valence-electron chi connectivity index (χ1n) is 7.85. The second-order valence-corrected chi connectivity index (χ2v) is 7.17. The number of nitrogens with zero attached hydrogens (tertiary/aromatic N) is 3. The summed E-state index contributed by atoms with van der Waals surface area (Å²) in [5, 5.41) is 29.0.